The zero-order valence-electron chi connectivity index (χ0n) is 24.4. The van der Waals surface area contributed by atoms with Gasteiger partial charge in [0.1, 0.15) is 17.9 Å². The molecule has 0 amide bonds. The van der Waals surface area contributed by atoms with Crippen molar-refractivity contribution in [3.63, 3.8) is 0 Å². The molecule has 0 saturated carbocycles. The Balaban J connectivity index is 1.51. The lowest BCUT2D eigenvalue weighted by atomic mass is 9.92. The van der Waals surface area contributed by atoms with E-state index in [0.717, 1.165) is 5.06 Å². The molecule has 0 spiro atoms. The van der Waals surface area contributed by atoms with E-state index in [1.807, 2.05) is 0 Å². The number of hydrogen-bond acceptors (Lipinski definition) is 11. The topological polar surface area (TPSA) is 137 Å². The quantitative estimate of drug-likeness (QED) is 0.316. The predicted molar refractivity (Wildman–Crippen MR) is 154 cm³/mol. The molecule has 15 heteroatoms. The maximum Gasteiger partial charge on any atom is 0.338 e. The Hall–Kier alpha value is -3.37. The summed E-state index contributed by atoms with van der Waals surface area (Å²) >= 11 is 1.28. The van der Waals surface area contributed by atoms with Crippen LogP contribution in [0.4, 0.5) is 13.2 Å². The number of carbonyl (C=O) groups excluding carboxylic acids is 1. The van der Waals surface area contributed by atoms with Gasteiger partial charge >= 0.3 is 11.9 Å². The van der Waals surface area contributed by atoms with E-state index in [0.29, 0.717) is 16.4 Å². The van der Waals surface area contributed by atoms with E-state index in [1.165, 1.54) is 28.4 Å². The van der Waals surface area contributed by atoms with Gasteiger partial charge in [0.05, 0.1) is 49.9 Å². The van der Waals surface area contributed by atoms with Crippen LogP contribution >= 0.6 is 11.3 Å². The number of esters is 1. The Morgan fingerprint density at radius 2 is 2.09 bits per heavy atom. The van der Waals surface area contributed by atoms with Gasteiger partial charge in [-0.3, -0.25) is 19.5 Å². The summed E-state index contributed by atoms with van der Waals surface area (Å²) in [4.78, 5) is 41.1. The number of nitrogens with one attached hydrogen (secondary N) is 1. The van der Waals surface area contributed by atoms with Gasteiger partial charge in [0.15, 0.2) is 10.8 Å². The van der Waals surface area contributed by atoms with Crippen LogP contribution in [0.15, 0.2) is 46.0 Å². The van der Waals surface area contributed by atoms with Crippen molar-refractivity contribution in [1.29, 1.82) is 0 Å². The van der Waals surface area contributed by atoms with E-state index < -0.39 is 66.9 Å². The van der Waals surface area contributed by atoms with E-state index in [9.17, 15) is 24.2 Å². The van der Waals surface area contributed by atoms with Gasteiger partial charge in [0.25, 0.3) is 5.92 Å². The molecule has 3 N–H and O–H groups in total. The molecule has 2 saturated heterocycles. The summed E-state index contributed by atoms with van der Waals surface area (Å²) in [5.41, 5.74) is 1.01. The van der Waals surface area contributed by atoms with E-state index in [1.54, 1.807) is 38.4 Å². The minimum Gasteiger partial charge on any atom is -0.481 e. The Bertz CT molecular complexity index is 1450. The first-order chi connectivity index (χ1) is 21.0. The number of carboxylic acid groups (broad SMARTS) is 1. The number of carbonyl (C=O) groups is 2. The second kappa shape index (κ2) is 12.9. The highest BCUT2D eigenvalue weighted by Crippen LogP contribution is 2.42. The van der Waals surface area contributed by atoms with Crippen molar-refractivity contribution in [2.45, 2.75) is 57.3 Å². The van der Waals surface area contributed by atoms with Gasteiger partial charge in [0.2, 0.25) is 0 Å². The number of fused-ring (bicyclic) bond motifs is 1. The first kappa shape index (κ1) is 32.0. The molecule has 0 radical (unpaired) electrons. The van der Waals surface area contributed by atoms with Crippen molar-refractivity contribution in [2.75, 3.05) is 32.8 Å². The molecule has 1 aromatic carbocycles. The van der Waals surface area contributed by atoms with Gasteiger partial charge in [-0.1, -0.05) is 19.1 Å². The number of amidine groups is 1. The van der Waals surface area contributed by atoms with Crippen LogP contribution in [0, 0.1) is 18.7 Å². The number of hydrogen-bond donors (Lipinski definition) is 3. The molecule has 1 aromatic heterocycles. The fraction of sp³-hybridized carbons (Fsp3) is 0.517. The largest absolute Gasteiger partial charge is 0.481 e. The van der Waals surface area contributed by atoms with Crippen LogP contribution < -0.4 is 5.32 Å². The molecule has 2 fully saturated rings. The number of aromatic nitrogens is 1. The third-order valence-corrected chi connectivity index (χ3v) is 8.99. The highest BCUT2D eigenvalue weighted by atomic mass is 32.1. The zero-order chi connectivity index (χ0) is 31.8. The fourth-order valence-corrected chi connectivity index (χ4v) is 6.63. The lowest BCUT2D eigenvalue weighted by molar-refractivity contribution is -0.197. The normalized spacial score (nSPS) is 24.9. The molecular weight excluding hydrogens is 603 g/mol. The van der Waals surface area contributed by atoms with Crippen LogP contribution in [0.5, 0.6) is 0 Å². The smallest absolute Gasteiger partial charge is 0.338 e. The first-order valence-electron chi connectivity index (χ1n) is 14.3. The van der Waals surface area contributed by atoms with Gasteiger partial charge in [-0.2, -0.15) is 5.06 Å². The molecule has 3 aliphatic rings. The maximum atomic E-state index is 15.6. The van der Waals surface area contributed by atoms with Crippen LogP contribution in [-0.2, 0) is 19.2 Å². The van der Waals surface area contributed by atoms with Gasteiger partial charge in [-0.25, -0.2) is 22.9 Å². The van der Waals surface area contributed by atoms with E-state index in [2.05, 4.69) is 10.3 Å². The van der Waals surface area contributed by atoms with Crippen molar-refractivity contribution in [2.24, 2.45) is 10.9 Å². The highest BCUT2D eigenvalue weighted by molar-refractivity contribution is 7.11. The molecule has 11 nitrogen and oxygen atoms in total. The van der Waals surface area contributed by atoms with Crippen molar-refractivity contribution in [1.82, 2.24) is 20.3 Å². The third kappa shape index (κ3) is 6.11. The number of thiazole rings is 1. The van der Waals surface area contributed by atoms with Crippen molar-refractivity contribution >= 4 is 29.1 Å². The molecule has 0 unspecified atom stereocenters. The molecule has 0 bridgehead atoms. The number of aliphatic imine (C=N–C) groups is 1. The van der Waals surface area contributed by atoms with Gasteiger partial charge < -0.3 is 20.3 Å². The Kier molecular flexibility index (Phi) is 9.41. The lowest BCUT2D eigenvalue weighted by Gasteiger charge is -2.31. The number of carboxylic acids is 1. The molecule has 0 aliphatic carbocycles. The van der Waals surface area contributed by atoms with E-state index in [4.69, 9.17) is 14.6 Å². The predicted octanol–water partition coefficient (Wildman–Crippen LogP) is 2.91. The zero-order valence-corrected chi connectivity index (χ0v) is 25.2. The summed E-state index contributed by atoms with van der Waals surface area (Å²) in [6.07, 6.45) is 0.271. The third-order valence-electron chi connectivity index (χ3n) is 8.21. The average Bonchev–Trinajstić information content (AvgIpc) is 3.70. The number of aliphatic carboxylic acids is 1. The van der Waals surface area contributed by atoms with Gasteiger partial charge in [-0.15, -0.1) is 11.3 Å². The van der Waals surface area contributed by atoms with E-state index >= 15 is 8.78 Å². The summed E-state index contributed by atoms with van der Waals surface area (Å²) in [7, 11) is 0. The summed E-state index contributed by atoms with van der Waals surface area (Å²) in [5, 5.41) is 26.3. The Morgan fingerprint density at radius 1 is 1.32 bits per heavy atom. The second-order valence-corrected chi connectivity index (χ2v) is 11.8. The monoisotopic (exact) mass is 637 g/mol. The number of ether oxygens (including phenoxy) is 1. The van der Waals surface area contributed by atoms with Crippen molar-refractivity contribution in [3.05, 3.63) is 63.0 Å². The average molecular weight is 638 g/mol. The summed E-state index contributed by atoms with van der Waals surface area (Å²) in [6, 6.07) is 1.14. The van der Waals surface area contributed by atoms with Crippen LogP contribution in [0.1, 0.15) is 42.4 Å². The van der Waals surface area contributed by atoms with Crippen molar-refractivity contribution < 1.29 is 42.5 Å². The number of aliphatic hydroxyl groups excluding tert-OH is 1. The fourth-order valence-electron chi connectivity index (χ4n) is 6.04. The van der Waals surface area contributed by atoms with E-state index in [-0.39, 0.29) is 43.0 Å². The molecular formula is C29H34F3N5O6S. The number of halogens is 3. The molecule has 2 aromatic rings. The number of rotatable bonds is 11. The summed E-state index contributed by atoms with van der Waals surface area (Å²) in [6.45, 7) is 3.45. The standard InChI is InChI=1S/C29H34F3N5O6S/c1-4-16(27(39)40)21(38)12-37-24-20(13-43-37)36(14-29(24,31)32)11-19-22(28(41)42-5-2)23(17-7-6-8-18(30)15(17)3)35-25(34-19)26-33-9-10-44-26/h6-10,16,20-21,23-24,38H,4-5,11-14H2,1-3H3,(H,34,35)(H,39,40)/t16-,20-,21+,23+,24+/m1/s1. The Morgan fingerprint density at radius 3 is 2.75 bits per heavy atom. The van der Waals surface area contributed by atoms with Crippen LogP contribution in [0.2, 0.25) is 0 Å². The molecule has 3 aliphatic heterocycles. The molecule has 5 atom stereocenters. The van der Waals surface area contributed by atoms with Crippen LogP contribution in [0.3, 0.4) is 0 Å². The summed E-state index contributed by atoms with van der Waals surface area (Å²) in [5.74, 6) is -6.57. The number of hydroxylamine groups is 2. The number of β-amino-alcohol motifs (C(OH)–C–C–N with tert-alkyl or cyclic N) is 1. The SMILES string of the molecule is CCOC(=O)C1=C(CN2CC(F)(F)[C@@H]3[C@H]2CON3C[C@H](O)[C@@H](CC)C(=O)O)NC(c2nccs2)=N[C@H]1c1cccc(F)c1C. The van der Waals surface area contributed by atoms with Crippen LogP contribution in [0.25, 0.3) is 0 Å². The molecule has 238 valence electrons. The van der Waals surface area contributed by atoms with Gasteiger partial charge in [-0.05, 0) is 37.5 Å². The lowest BCUT2D eigenvalue weighted by Crippen LogP contribution is -2.49. The molecule has 44 heavy (non-hydrogen) atoms. The maximum absolute atomic E-state index is 15.6. The molecule has 4 heterocycles. The highest BCUT2D eigenvalue weighted by Gasteiger charge is 2.61. The number of likely N-dealkylation sites (tertiary alicyclic amines) is 1. The van der Waals surface area contributed by atoms with Crippen LogP contribution in [-0.4, -0.2) is 99.9 Å². The number of benzene rings is 1. The van der Waals surface area contributed by atoms with Gasteiger partial charge in [0, 0.05) is 23.8 Å². The summed E-state index contributed by atoms with van der Waals surface area (Å²) < 4.78 is 51.3. The minimum atomic E-state index is -3.30. The molecule has 5 rings (SSSR count). The first-order valence-corrected chi connectivity index (χ1v) is 15.2. The number of aliphatic hydroxyl groups is 1. The number of alkyl halides is 2. The van der Waals surface area contributed by atoms with Crippen molar-refractivity contribution in [3.8, 4) is 0 Å². The second-order valence-electron chi connectivity index (χ2n) is 10.9. The number of nitrogens with zero attached hydrogens (tertiary/aromatic N) is 4. The Labute approximate surface area is 255 Å². The minimum absolute atomic E-state index is 0.0419.